The lowest BCUT2D eigenvalue weighted by Crippen LogP contribution is -2.18. The molecule has 0 aromatic carbocycles. The Labute approximate surface area is 75.5 Å². The van der Waals surface area contributed by atoms with Gasteiger partial charge in [-0.2, -0.15) is 0 Å². The number of Topliss-reactive ketones (excluding diaryl/α,β-unsaturated/α-hetero) is 1. The van der Waals surface area contributed by atoms with Crippen LogP contribution in [-0.4, -0.2) is 5.78 Å². The Hall–Kier alpha value is -0.330. The van der Waals surface area contributed by atoms with E-state index < -0.39 is 0 Å². The summed E-state index contributed by atoms with van der Waals surface area (Å²) in [6.07, 6.45) is 3.05. The van der Waals surface area contributed by atoms with Crippen LogP contribution < -0.4 is 0 Å². The third-order valence-electron chi connectivity index (χ3n) is 3.28. The average Bonchev–Trinajstić information content (AvgIpc) is 2.03. The van der Waals surface area contributed by atoms with Crippen LogP contribution in [0.3, 0.4) is 0 Å². The Morgan fingerprint density at radius 2 is 1.92 bits per heavy atom. The van der Waals surface area contributed by atoms with Crippen LogP contribution >= 0.6 is 0 Å². The summed E-state index contributed by atoms with van der Waals surface area (Å²) >= 11 is 0. The molecule has 2 unspecified atom stereocenters. The quantitative estimate of drug-likeness (QED) is 0.508. The fourth-order valence-corrected chi connectivity index (χ4v) is 2.16. The summed E-state index contributed by atoms with van der Waals surface area (Å²) in [4.78, 5) is 11.5. The first-order chi connectivity index (χ1) is 5.42. The molecule has 1 heteroatoms. The van der Waals surface area contributed by atoms with Gasteiger partial charge in [0.15, 0.2) is 0 Å². The number of ketones is 1. The Morgan fingerprint density at radius 3 is 2.50 bits per heavy atom. The summed E-state index contributed by atoms with van der Waals surface area (Å²) in [5, 5.41) is 0. The Bertz CT molecular complexity index is 181. The van der Waals surface area contributed by atoms with E-state index in [0.717, 1.165) is 12.8 Å². The number of hydrogen-bond donors (Lipinski definition) is 0. The highest BCUT2D eigenvalue weighted by atomic mass is 16.1. The number of carbonyl (C=O) groups excluding carboxylic acids is 1. The van der Waals surface area contributed by atoms with E-state index >= 15 is 0 Å². The number of rotatable bonds is 0. The normalized spacial score (nSPS) is 36.2. The highest BCUT2D eigenvalue weighted by Gasteiger charge is 2.31. The molecular formula is C11H20O. The fraction of sp³-hybridized carbons (Fsp3) is 0.909. The van der Waals surface area contributed by atoms with E-state index in [1.54, 1.807) is 0 Å². The van der Waals surface area contributed by atoms with Crippen molar-refractivity contribution in [3.8, 4) is 0 Å². The first kappa shape index (κ1) is 9.76. The van der Waals surface area contributed by atoms with Gasteiger partial charge in [-0.25, -0.2) is 0 Å². The van der Waals surface area contributed by atoms with Gasteiger partial charge in [0, 0.05) is 12.3 Å². The van der Waals surface area contributed by atoms with Crippen LogP contribution in [0.5, 0.6) is 0 Å². The molecule has 1 nitrogen and oxygen atoms in total. The van der Waals surface area contributed by atoms with Gasteiger partial charge in [0.2, 0.25) is 0 Å². The second-order valence-electron chi connectivity index (χ2n) is 5.10. The Morgan fingerprint density at radius 1 is 1.33 bits per heavy atom. The third kappa shape index (κ3) is 2.09. The SMILES string of the molecule is CC1CC(C)(C)CCC(=O)C1C. The summed E-state index contributed by atoms with van der Waals surface area (Å²) in [7, 11) is 0. The van der Waals surface area contributed by atoms with Gasteiger partial charge in [0.1, 0.15) is 5.78 Å². The third-order valence-corrected chi connectivity index (χ3v) is 3.28. The van der Waals surface area contributed by atoms with E-state index in [1.165, 1.54) is 6.42 Å². The minimum Gasteiger partial charge on any atom is -0.299 e. The standard InChI is InChI=1S/C11H20O/c1-8-7-11(3,4)6-5-10(12)9(8)2/h8-9H,5-7H2,1-4H3. The van der Waals surface area contributed by atoms with E-state index in [4.69, 9.17) is 0 Å². The summed E-state index contributed by atoms with van der Waals surface area (Å²) in [5.74, 6) is 1.31. The first-order valence-electron chi connectivity index (χ1n) is 4.95. The molecule has 70 valence electrons. The molecule has 1 fully saturated rings. The topological polar surface area (TPSA) is 17.1 Å². The summed E-state index contributed by atoms with van der Waals surface area (Å²) in [5.41, 5.74) is 0.375. The highest BCUT2D eigenvalue weighted by Crippen LogP contribution is 2.37. The minimum atomic E-state index is 0.284. The molecule has 1 aliphatic carbocycles. The summed E-state index contributed by atoms with van der Waals surface area (Å²) < 4.78 is 0. The molecule has 0 N–H and O–H groups in total. The molecule has 0 spiro atoms. The van der Waals surface area contributed by atoms with E-state index in [-0.39, 0.29) is 5.92 Å². The van der Waals surface area contributed by atoms with Gasteiger partial charge >= 0.3 is 0 Å². The molecule has 0 bridgehead atoms. The highest BCUT2D eigenvalue weighted by molar-refractivity contribution is 5.81. The van der Waals surface area contributed by atoms with Gasteiger partial charge in [0.05, 0.1) is 0 Å². The molecule has 1 rings (SSSR count). The van der Waals surface area contributed by atoms with Crippen molar-refractivity contribution in [2.75, 3.05) is 0 Å². The first-order valence-corrected chi connectivity index (χ1v) is 4.95. The summed E-state index contributed by atoms with van der Waals surface area (Å²) in [6, 6.07) is 0. The van der Waals surface area contributed by atoms with Crippen molar-refractivity contribution in [2.24, 2.45) is 17.3 Å². The van der Waals surface area contributed by atoms with Crippen LogP contribution in [0, 0.1) is 17.3 Å². The fourth-order valence-electron chi connectivity index (χ4n) is 2.16. The van der Waals surface area contributed by atoms with Gasteiger partial charge < -0.3 is 0 Å². The van der Waals surface area contributed by atoms with Crippen LogP contribution in [0.1, 0.15) is 47.0 Å². The molecule has 0 amide bonds. The molecule has 0 aromatic rings. The zero-order valence-corrected chi connectivity index (χ0v) is 8.68. The van der Waals surface area contributed by atoms with Crippen LogP contribution in [0.25, 0.3) is 0 Å². The van der Waals surface area contributed by atoms with Crippen LogP contribution in [-0.2, 0) is 4.79 Å². The van der Waals surface area contributed by atoms with Crippen molar-refractivity contribution < 1.29 is 4.79 Å². The Kier molecular flexibility index (Phi) is 2.60. The smallest absolute Gasteiger partial charge is 0.135 e. The van der Waals surface area contributed by atoms with E-state index in [1.807, 2.05) is 0 Å². The average molecular weight is 168 g/mol. The maximum Gasteiger partial charge on any atom is 0.135 e. The van der Waals surface area contributed by atoms with Gasteiger partial charge in [0.25, 0.3) is 0 Å². The lowest BCUT2D eigenvalue weighted by Gasteiger charge is -2.25. The maximum absolute atomic E-state index is 11.5. The molecular weight excluding hydrogens is 148 g/mol. The zero-order chi connectivity index (χ0) is 9.35. The number of hydrogen-bond acceptors (Lipinski definition) is 1. The number of carbonyl (C=O) groups is 1. The van der Waals surface area contributed by atoms with Crippen molar-refractivity contribution in [3.63, 3.8) is 0 Å². The van der Waals surface area contributed by atoms with E-state index in [0.29, 0.717) is 17.1 Å². The van der Waals surface area contributed by atoms with E-state index in [9.17, 15) is 4.79 Å². The molecule has 0 aliphatic heterocycles. The van der Waals surface area contributed by atoms with Crippen LogP contribution in [0.15, 0.2) is 0 Å². The lowest BCUT2D eigenvalue weighted by molar-refractivity contribution is -0.123. The molecule has 0 radical (unpaired) electrons. The second kappa shape index (κ2) is 3.20. The molecule has 2 atom stereocenters. The van der Waals surface area contributed by atoms with Crippen molar-refractivity contribution in [1.82, 2.24) is 0 Å². The second-order valence-corrected chi connectivity index (χ2v) is 5.10. The van der Waals surface area contributed by atoms with Crippen LogP contribution in [0.2, 0.25) is 0 Å². The van der Waals surface area contributed by atoms with Crippen molar-refractivity contribution in [3.05, 3.63) is 0 Å². The van der Waals surface area contributed by atoms with Gasteiger partial charge in [-0.1, -0.05) is 27.7 Å². The van der Waals surface area contributed by atoms with Crippen molar-refractivity contribution in [2.45, 2.75) is 47.0 Å². The van der Waals surface area contributed by atoms with Gasteiger partial charge in [-0.05, 0) is 24.2 Å². The van der Waals surface area contributed by atoms with Crippen LogP contribution in [0.4, 0.5) is 0 Å². The molecule has 0 heterocycles. The van der Waals surface area contributed by atoms with Gasteiger partial charge in [-0.3, -0.25) is 4.79 Å². The largest absolute Gasteiger partial charge is 0.299 e. The van der Waals surface area contributed by atoms with Crippen molar-refractivity contribution in [1.29, 1.82) is 0 Å². The Balaban J connectivity index is 2.73. The summed E-state index contributed by atoms with van der Waals surface area (Å²) in [6.45, 7) is 8.83. The zero-order valence-electron chi connectivity index (χ0n) is 8.68. The van der Waals surface area contributed by atoms with E-state index in [2.05, 4.69) is 27.7 Å². The molecule has 0 aromatic heterocycles. The molecule has 1 aliphatic rings. The monoisotopic (exact) mass is 168 g/mol. The maximum atomic E-state index is 11.5. The molecule has 1 saturated carbocycles. The molecule has 0 saturated heterocycles. The predicted octanol–water partition coefficient (Wildman–Crippen LogP) is 3.04. The molecule has 12 heavy (non-hydrogen) atoms. The minimum absolute atomic E-state index is 0.284. The van der Waals surface area contributed by atoms with Crippen molar-refractivity contribution >= 4 is 5.78 Å². The predicted molar refractivity (Wildman–Crippen MR) is 51.0 cm³/mol. The lowest BCUT2D eigenvalue weighted by atomic mass is 9.80. The van der Waals surface area contributed by atoms with Gasteiger partial charge in [-0.15, -0.1) is 0 Å².